The number of esters is 1. The van der Waals surface area contributed by atoms with E-state index in [0.29, 0.717) is 0 Å². The number of hydrogen-bond acceptors (Lipinski definition) is 4. The Morgan fingerprint density at radius 2 is 2.06 bits per heavy atom. The van der Waals surface area contributed by atoms with Crippen molar-refractivity contribution in [2.45, 2.75) is 26.4 Å². The second-order valence-electron chi connectivity index (χ2n) is 4.18. The highest BCUT2D eigenvalue weighted by Gasteiger charge is 2.21. The van der Waals surface area contributed by atoms with Crippen LogP contribution in [0.1, 0.15) is 31.1 Å². The summed E-state index contributed by atoms with van der Waals surface area (Å²) in [6.07, 6.45) is 1.45. The molecule has 0 N–H and O–H groups in total. The zero-order chi connectivity index (χ0) is 12.3. The van der Waals surface area contributed by atoms with Gasteiger partial charge >= 0.3 is 5.97 Å². The molecule has 0 aliphatic carbocycles. The Morgan fingerprint density at radius 1 is 1.44 bits per heavy atom. The van der Waals surface area contributed by atoms with Crippen LogP contribution in [0.2, 0.25) is 5.02 Å². The summed E-state index contributed by atoms with van der Waals surface area (Å²) in [4.78, 5) is 15.6. The fourth-order valence-electron chi connectivity index (χ4n) is 1.06. The van der Waals surface area contributed by atoms with Crippen molar-refractivity contribution in [2.75, 3.05) is 7.11 Å². The van der Waals surface area contributed by atoms with Gasteiger partial charge in [-0.1, -0.05) is 11.6 Å². The number of pyridine rings is 1. The van der Waals surface area contributed by atoms with Crippen LogP contribution in [0.15, 0.2) is 12.3 Å². The summed E-state index contributed by atoms with van der Waals surface area (Å²) in [6.45, 7) is 5.37. The van der Waals surface area contributed by atoms with E-state index in [-0.39, 0.29) is 16.5 Å². The molecule has 0 saturated heterocycles. The standard InChI is InChI=1S/C11H14ClNO3/c1-11(2,3)16-10(14)7-5-6-13-9(15-4)8(7)12/h5-6H,1-4H3. The number of methoxy groups -OCH3 is 1. The first-order chi connectivity index (χ1) is 7.35. The van der Waals surface area contributed by atoms with Gasteiger partial charge in [-0.15, -0.1) is 0 Å². The number of rotatable bonds is 2. The quantitative estimate of drug-likeness (QED) is 0.750. The maximum Gasteiger partial charge on any atom is 0.340 e. The van der Waals surface area contributed by atoms with Crippen LogP contribution >= 0.6 is 11.6 Å². The maximum atomic E-state index is 11.8. The van der Waals surface area contributed by atoms with Gasteiger partial charge in [0.15, 0.2) is 0 Å². The maximum absolute atomic E-state index is 11.8. The van der Waals surface area contributed by atoms with E-state index in [1.807, 2.05) is 0 Å². The van der Waals surface area contributed by atoms with Gasteiger partial charge in [-0.2, -0.15) is 0 Å². The molecule has 5 heteroatoms. The molecule has 0 spiro atoms. The monoisotopic (exact) mass is 243 g/mol. The van der Waals surface area contributed by atoms with E-state index in [1.54, 1.807) is 20.8 Å². The fraction of sp³-hybridized carbons (Fsp3) is 0.455. The smallest absolute Gasteiger partial charge is 0.340 e. The number of ether oxygens (including phenoxy) is 2. The molecule has 0 saturated carbocycles. The van der Waals surface area contributed by atoms with E-state index >= 15 is 0 Å². The highest BCUT2D eigenvalue weighted by molar-refractivity contribution is 6.34. The molecule has 0 aliphatic rings. The van der Waals surface area contributed by atoms with E-state index in [4.69, 9.17) is 21.1 Å². The predicted octanol–water partition coefficient (Wildman–Crippen LogP) is 2.70. The van der Waals surface area contributed by atoms with Gasteiger partial charge in [0.1, 0.15) is 10.6 Å². The summed E-state index contributed by atoms with van der Waals surface area (Å²) in [5, 5.41) is 0.166. The third-order valence-corrected chi connectivity index (χ3v) is 2.03. The molecule has 0 bridgehead atoms. The first-order valence-electron chi connectivity index (χ1n) is 4.77. The van der Waals surface area contributed by atoms with Gasteiger partial charge in [-0.25, -0.2) is 9.78 Å². The molecule has 0 radical (unpaired) electrons. The number of hydrogen-bond donors (Lipinski definition) is 0. The minimum atomic E-state index is -0.559. The number of carbonyl (C=O) groups is 1. The molecule has 0 amide bonds. The third kappa shape index (κ3) is 3.10. The molecule has 1 heterocycles. The van der Waals surface area contributed by atoms with Crippen LogP contribution in [0.5, 0.6) is 5.88 Å². The zero-order valence-electron chi connectivity index (χ0n) is 9.70. The van der Waals surface area contributed by atoms with Gasteiger partial charge in [-0.05, 0) is 26.8 Å². The van der Waals surface area contributed by atoms with Crippen molar-refractivity contribution in [1.29, 1.82) is 0 Å². The Kier molecular flexibility index (Phi) is 3.75. The van der Waals surface area contributed by atoms with Crippen LogP contribution in [0, 0.1) is 0 Å². The number of halogens is 1. The van der Waals surface area contributed by atoms with E-state index in [2.05, 4.69) is 4.98 Å². The predicted molar refractivity (Wildman–Crippen MR) is 61.0 cm³/mol. The molecule has 0 atom stereocenters. The van der Waals surface area contributed by atoms with Crippen LogP contribution in [-0.4, -0.2) is 23.7 Å². The Morgan fingerprint density at radius 3 is 2.56 bits per heavy atom. The summed E-state index contributed by atoms with van der Waals surface area (Å²) in [5.41, 5.74) is -0.305. The topological polar surface area (TPSA) is 48.4 Å². The van der Waals surface area contributed by atoms with E-state index in [1.165, 1.54) is 19.4 Å². The zero-order valence-corrected chi connectivity index (χ0v) is 10.5. The first kappa shape index (κ1) is 12.8. The van der Waals surface area contributed by atoms with Crippen molar-refractivity contribution >= 4 is 17.6 Å². The normalized spacial score (nSPS) is 11.1. The molecule has 1 aromatic rings. The van der Waals surface area contributed by atoms with Crippen LogP contribution in [-0.2, 0) is 4.74 Å². The molecule has 1 rings (SSSR count). The summed E-state index contributed by atoms with van der Waals surface area (Å²) in [6, 6.07) is 1.50. The van der Waals surface area contributed by atoms with Crippen molar-refractivity contribution < 1.29 is 14.3 Å². The Labute approximate surface area is 99.5 Å². The average Bonchev–Trinajstić information content (AvgIpc) is 2.15. The van der Waals surface area contributed by atoms with E-state index in [9.17, 15) is 4.79 Å². The van der Waals surface area contributed by atoms with E-state index < -0.39 is 11.6 Å². The number of nitrogens with zero attached hydrogens (tertiary/aromatic N) is 1. The highest BCUT2D eigenvalue weighted by atomic mass is 35.5. The van der Waals surface area contributed by atoms with E-state index in [0.717, 1.165) is 0 Å². The number of aromatic nitrogens is 1. The lowest BCUT2D eigenvalue weighted by atomic mass is 10.2. The minimum absolute atomic E-state index is 0.166. The molecule has 88 valence electrons. The SMILES string of the molecule is COc1nccc(C(=O)OC(C)(C)C)c1Cl. The lowest BCUT2D eigenvalue weighted by Gasteiger charge is -2.19. The lowest BCUT2D eigenvalue weighted by Crippen LogP contribution is -2.24. The Hall–Kier alpha value is -1.29. The number of carbonyl (C=O) groups excluding carboxylic acids is 1. The van der Waals surface area contributed by atoms with Crippen LogP contribution in [0.25, 0.3) is 0 Å². The van der Waals surface area contributed by atoms with Gasteiger partial charge in [0.25, 0.3) is 0 Å². The second kappa shape index (κ2) is 4.70. The molecule has 0 aromatic carbocycles. The molecule has 0 aliphatic heterocycles. The van der Waals surface area contributed by atoms with Crippen molar-refractivity contribution in [3.8, 4) is 5.88 Å². The summed E-state index contributed by atoms with van der Waals surface area (Å²) in [5.74, 6) is -0.275. The highest BCUT2D eigenvalue weighted by Crippen LogP contribution is 2.26. The van der Waals surface area contributed by atoms with Crippen LogP contribution in [0.4, 0.5) is 0 Å². The molecule has 4 nitrogen and oxygen atoms in total. The van der Waals surface area contributed by atoms with Crippen molar-refractivity contribution in [3.05, 3.63) is 22.8 Å². The van der Waals surface area contributed by atoms with Crippen molar-refractivity contribution in [1.82, 2.24) is 4.98 Å². The largest absolute Gasteiger partial charge is 0.480 e. The molecule has 16 heavy (non-hydrogen) atoms. The van der Waals surface area contributed by atoms with Gasteiger partial charge in [0.05, 0.1) is 12.7 Å². The fourth-order valence-corrected chi connectivity index (χ4v) is 1.32. The summed E-state index contributed by atoms with van der Waals surface area (Å²) in [7, 11) is 1.44. The van der Waals surface area contributed by atoms with Crippen molar-refractivity contribution in [2.24, 2.45) is 0 Å². The summed E-state index contributed by atoms with van der Waals surface area (Å²) < 4.78 is 10.1. The minimum Gasteiger partial charge on any atom is -0.480 e. The van der Waals surface area contributed by atoms with Crippen molar-refractivity contribution in [3.63, 3.8) is 0 Å². The Bertz CT molecular complexity index is 399. The van der Waals surface area contributed by atoms with Crippen LogP contribution in [0.3, 0.4) is 0 Å². The lowest BCUT2D eigenvalue weighted by molar-refractivity contribution is 0.00692. The molecular weight excluding hydrogens is 230 g/mol. The van der Waals surface area contributed by atoms with Crippen LogP contribution < -0.4 is 4.74 Å². The first-order valence-corrected chi connectivity index (χ1v) is 5.15. The second-order valence-corrected chi connectivity index (χ2v) is 4.56. The molecule has 0 unspecified atom stereocenters. The molecule has 0 fully saturated rings. The molecular formula is C11H14ClNO3. The average molecular weight is 244 g/mol. The van der Waals surface area contributed by atoms with Gasteiger partial charge in [0.2, 0.25) is 5.88 Å². The molecule has 1 aromatic heterocycles. The van der Waals surface area contributed by atoms with Gasteiger partial charge in [0, 0.05) is 6.20 Å². The Balaban J connectivity index is 3.01. The summed E-state index contributed by atoms with van der Waals surface area (Å²) >= 11 is 5.94. The van der Waals surface area contributed by atoms with Gasteiger partial charge < -0.3 is 9.47 Å². The van der Waals surface area contributed by atoms with Gasteiger partial charge in [-0.3, -0.25) is 0 Å². The third-order valence-electron chi connectivity index (χ3n) is 1.67.